The highest BCUT2D eigenvalue weighted by Gasteiger charge is 2.17. The van der Waals surface area contributed by atoms with Crippen molar-refractivity contribution < 1.29 is 14.7 Å². The van der Waals surface area contributed by atoms with E-state index in [1.807, 2.05) is 11.8 Å². The van der Waals surface area contributed by atoms with Crippen LogP contribution >= 0.6 is 11.8 Å². The van der Waals surface area contributed by atoms with E-state index in [9.17, 15) is 9.59 Å². The average Bonchev–Trinajstić information content (AvgIpc) is 2.86. The number of rotatable bonds is 8. The van der Waals surface area contributed by atoms with Gasteiger partial charge in [-0.05, 0) is 30.9 Å². The molecule has 19 heavy (non-hydrogen) atoms. The lowest BCUT2D eigenvalue weighted by atomic mass is 9.97. The summed E-state index contributed by atoms with van der Waals surface area (Å²) in [6.45, 7) is 2.67. The summed E-state index contributed by atoms with van der Waals surface area (Å²) >= 11 is 1.87. The quantitative estimate of drug-likeness (QED) is 0.639. The minimum atomic E-state index is -0.747. The van der Waals surface area contributed by atoms with Crippen LogP contribution in [0.25, 0.3) is 0 Å². The summed E-state index contributed by atoms with van der Waals surface area (Å²) in [6, 6.07) is 0.208. The summed E-state index contributed by atoms with van der Waals surface area (Å²) < 4.78 is 0. The molecule has 3 N–H and O–H groups in total. The summed E-state index contributed by atoms with van der Waals surface area (Å²) in [7, 11) is 0. The van der Waals surface area contributed by atoms with Crippen LogP contribution in [-0.4, -0.2) is 41.2 Å². The molecule has 0 radical (unpaired) electrons. The first-order valence-corrected chi connectivity index (χ1v) is 8.11. The molecule has 1 fully saturated rings. The number of carboxylic acids is 1. The van der Waals surface area contributed by atoms with Gasteiger partial charge in [-0.2, -0.15) is 11.8 Å². The molecule has 0 aliphatic carbocycles. The highest BCUT2D eigenvalue weighted by molar-refractivity contribution is 7.99. The van der Waals surface area contributed by atoms with Gasteiger partial charge in [0.05, 0.1) is 0 Å². The van der Waals surface area contributed by atoms with E-state index in [4.69, 9.17) is 5.11 Å². The third-order valence-electron chi connectivity index (χ3n) is 3.45. The monoisotopic (exact) mass is 288 g/mol. The third kappa shape index (κ3) is 7.30. The molecule has 2 atom stereocenters. The molecule has 1 aliphatic heterocycles. The van der Waals surface area contributed by atoms with E-state index in [0.717, 1.165) is 30.8 Å². The summed E-state index contributed by atoms with van der Waals surface area (Å²) in [4.78, 5) is 22.1. The molecule has 1 saturated heterocycles. The second-order valence-corrected chi connectivity index (χ2v) is 6.11. The van der Waals surface area contributed by atoms with Crippen LogP contribution in [0.1, 0.15) is 39.0 Å². The van der Waals surface area contributed by atoms with Crippen molar-refractivity contribution in [2.75, 3.05) is 18.1 Å². The normalized spacial score (nSPS) is 19.9. The van der Waals surface area contributed by atoms with Gasteiger partial charge in [0.1, 0.15) is 0 Å². The second-order valence-electron chi connectivity index (χ2n) is 4.96. The molecular weight excluding hydrogens is 264 g/mol. The maximum absolute atomic E-state index is 11.6. The van der Waals surface area contributed by atoms with Gasteiger partial charge in [-0.1, -0.05) is 13.3 Å². The number of aliphatic carboxylic acids is 1. The Morgan fingerprint density at radius 3 is 2.79 bits per heavy atom. The standard InChI is InChI=1S/C13H24N2O3S/c1-2-10(3-4-12(16)17)5-7-14-13(18)15-11-6-8-19-9-11/h10-11H,2-9H2,1H3,(H,16,17)(H2,14,15,18). The van der Waals surface area contributed by atoms with Gasteiger partial charge in [0, 0.05) is 24.8 Å². The first-order valence-electron chi connectivity index (χ1n) is 6.95. The smallest absolute Gasteiger partial charge is 0.315 e. The van der Waals surface area contributed by atoms with Crippen molar-refractivity contribution in [2.45, 2.75) is 45.1 Å². The van der Waals surface area contributed by atoms with Gasteiger partial charge in [0.25, 0.3) is 0 Å². The van der Waals surface area contributed by atoms with Gasteiger partial charge in [0.2, 0.25) is 0 Å². The molecule has 1 heterocycles. The van der Waals surface area contributed by atoms with Crippen molar-refractivity contribution in [3.05, 3.63) is 0 Å². The van der Waals surface area contributed by atoms with Crippen LogP contribution in [-0.2, 0) is 4.79 Å². The summed E-state index contributed by atoms with van der Waals surface area (Å²) in [5.41, 5.74) is 0. The Hall–Kier alpha value is -0.910. The summed E-state index contributed by atoms with van der Waals surface area (Å²) in [6.07, 6.45) is 3.75. The minimum absolute atomic E-state index is 0.0967. The van der Waals surface area contributed by atoms with Gasteiger partial charge < -0.3 is 15.7 Å². The van der Waals surface area contributed by atoms with Crippen molar-refractivity contribution in [1.82, 2.24) is 10.6 Å². The fourth-order valence-electron chi connectivity index (χ4n) is 2.15. The zero-order valence-electron chi connectivity index (χ0n) is 11.5. The number of thioether (sulfide) groups is 1. The predicted molar refractivity (Wildman–Crippen MR) is 77.5 cm³/mol. The van der Waals surface area contributed by atoms with Gasteiger partial charge >= 0.3 is 12.0 Å². The van der Waals surface area contributed by atoms with Crippen LogP contribution in [0.4, 0.5) is 4.79 Å². The number of hydrogen-bond donors (Lipinski definition) is 3. The largest absolute Gasteiger partial charge is 0.481 e. The Labute approximate surface area is 118 Å². The Morgan fingerprint density at radius 2 is 2.21 bits per heavy atom. The predicted octanol–water partition coefficient (Wildman–Crippen LogP) is 2.07. The highest BCUT2D eigenvalue weighted by Crippen LogP contribution is 2.17. The molecule has 2 amide bonds. The molecule has 5 nitrogen and oxygen atoms in total. The van der Waals surface area contributed by atoms with E-state index in [1.165, 1.54) is 0 Å². The molecular formula is C13H24N2O3S. The zero-order valence-corrected chi connectivity index (χ0v) is 12.3. The van der Waals surface area contributed by atoms with Crippen molar-refractivity contribution >= 4 is 23.8 Å². The fraction of sp³-hybridized carbons (Fsp3) is 0.846. The Morgan fingerprint density at radius 1 is 1.42 bits per heavy atom. The molecule has 2 unspecified atom stereocenters. The van der Waals surface area contributed by atoms with E-state index in [-0.39, 0.29) is 12.5 Å². The van der Waals surface area contributed by atoms with Crippen LogP contribution < -0.4 is 10.6 Å². The highest BCUT2D eigenvalue weighted by atomic mass is 32.2. The Kier molecular flexibility index (Phi) is 7.70. The fourth-order valence-corrected chi connectivity index (χ4v) is 3.31. The van der Waals surface area contributed by atoms with Gasteiger partial charge in [0.15, 0.2) is 0 Å². The van der Waals surface area contributed by atoms with Gasteiger partial charge in [-0.25, -0.2) is 4.79 Å². The van der Waals surface area contributed by atoms with Crippen molar-refractivity contribution in [3.8, 4) is 0 Å². The molecule has 0 aromatic carbocycles. The third-order valence-corrected chi connectivity index (χ3v) is 4.61. The molecule has 0 aromatic heterocycles. The zero-order chi connectivity index (χ0) is 14.1. The lowest BCUT2D eigenvalue weighted by Gasteiger charge is -2.16. The Balaban J connectivity index is 2.09. The van der Waals surface area contributed by atoms with Gasteiger partial charge in [-0.3, -0.25) is 4.79 Å². The number of nitrogens with one attached hydrogen (secondary N) is 2. The SMILES string of the molecule is CCC(CCNC(=O)NC1CCSC1)CCC(=O)O. The number of carboxylic acid groups (broad SMARTS) is 1. The molecule has 0 spiro atoms. The minimum Gasteiger partial charge on any atom is -0.481 e. The molecule has 1 rings (SSSR count). The van der Waals surface area contributed by atoms with E-state index in [2.05, 4.69) is 17.6 Å². The van der Waals surface area contributed by atoms with Crippen molar-refractivity contribution in [3.63, 3.8) is 0 Å². The van der Waals surface area contributed by atoms with Gasteiger partial charge in [-0.15, -0.1) is 0 Å². The second kappa shape index (κ2) is 9.07. The summed E-state index contributed by atoms with van der Waals surface area (Å²) in [5, 5.41) is 14.5. The van der Waals surface area contributed by atoms with Crippen LogP contribution in [0.5, 0.6) is 0 Å². The number of urea groups is 1. The number of carbonyl (C=O) groups is 2. The number of amides is 2. The first-order chi connectivity index (χ1) is 9.11. The molecule has 0 aromatic rings. The van der Waals surface area contributed by atoms with E-state index < -0.39 is 5.97 Å². The van der Waals surface area contributed by atoms with E-state index in [1.54, 1.807) is 0 Å². The van der Waals surface area contributed by atoms with Crippen molar-refractivity contribution in [2.24, 2.45) is 5.92 Å². The van der Waals surface area contributed by atoms with Crippen molar-refractivity contribution in [1.29, 1.82) is 0 Å². The number of hydrogen-bond acceptors (Lipinski definition) is 3. The topological polar surface area (TPSA) is 78.4 Å². The number of carbonyl (C=O) groups excluding carboxylic acids is 1. The molecule has 0 saturated carbocycles. The van der Waals surface area contributed by atoms with Crippen LogP contribution in [0.3, 0.4) is 0 Å². The lowest BCUT2D eigenvalue weighted by Crippen LogP contribution is -2.42. The maximum Gasteiger partial charge on any atom is 0.315 e. The first kappa shape index (κ1) is 16.1. The maximum atomic E-state index is 11.6. The molecule has 0 bridgehead atoms. The Bertz CT molecular complexity index is 294. The lowest BCUT2D eigenvalue weighted by molar-refractivity contribution is -0.137. The summed E-state index contributed by atoms with van der Waals surface area (Å²) in [5.74, 6) is 1.75. The average molecular weight is 288 g/mol. The van der Waals surface area contributed by atoms with E-state index >= 15 is 0 Å². The molecule has 1 aliphatic rings. The molecule has 110 valence electrons. The molecule has 6 heteroatoms. The van der Waals surface area contributed by atoms with Crippen LogP contribution in [0.2, 0.25) is 0 Å². The van der Waals surface area contributed by atoms with Crippen LogP contribution in [0.15, 0.2) is 0 Å². The van der Waals surface area contributed by atoms with Crippen LogP contribution in [0, 0.1) is 5.92 Å². The van der Waals surface area contributed by atoms with E-state index in [0.29, 0.717) is 24.9 Å².